The van der Waals surface area contributed by atoms with Crippen LogP contribution in [0.4, 0.5) is 5.69 Å². The molecule has 0 aliphatic carbocycles. The van der Waals surface area contributed by atoms with Crippen molar-refractivity contribution >= 4 is 28.5 Å². The summed E-state index contributed by atoms with van der Waals surface area (Å²) in [5, 5.41) is 8.43. The third-order valence-corrected chi connectivity index (χ3v) is 3.13. The number of rotatable bonds is 3. The first-order valence-corrected chi connectivity index (χ1v) is 6.17. The van der Waals surface area contributed by atoms with Gasteiger partial charge in [0.15, 0.2) is 5.69 Å². The van der Waals surface area contributed by atoms with Crippen LogP contribution < -0.4 is 5.73 Å². The van der Waals surface area contributed by atoms with Crippen LogP contribution in [-0.2, 0) is 4.74 Å². The molecule has 2 aromatic rings. The summed E-state index contributed by atoms with van der Waals surface area (Å²) in [6.07, 6.45) is 1.43. The minimum Gasteiger partial charge on any atom is -0.464 e. The van der Waals surface area contributed by atoms with Gasteiger partial charge >= 0.3 is 5.97 Å². The Kier molecular flexibility index (Phi) is 3.96. The Balaban J connectivity index is 2.60. The maximum atomic E-state index is 11.8. The average Bonchev–Trinajstić information content (AvgIpc) is 2.83. The van der Waals surface area contributed by atoms with Crippen molar-refractivity contribution in [3.8, 4) is 11.8 Å². The zero-order chi connectivity index (χ0) is 15.6. The smallest absolute Gasteiger partial charge is 0.357 e. The van der Waals surface area contributed by atoms with Crippen molar-refractivity contribution in [1.82, 2.24) is 4.57 Å². The van der Waals surface area contributed by atoms with Gasteiger partial charge in [-0.25, -0.2) is 4.79 Å². The van der Waals surface area contributed by atoms with E-state index in [4.69, 9.17) is 22.6 Å². The lowest BCUT2D eigenvalue weighted by molar-refractivity contribution is 0.0593. The van der Waals surface area contributed by atoms with Gasteiger partial charge in [-0.1, -0.05) is 0 Å². The Morgan fingerprint density at radius 2 is 1.95 bits per heavy atom. The van der Waals surface area contributed by atoms with Crippen LogP contribution in [0, 0.1) is 11.3 Å². The van der Waals surface area contributed by atoms with E-state index in [2.05, 4.69) is 4.74 Å². The van der Waals surface area contributed by atoms with Gasteiger partial charge in [-0.15, -0.1) is 0 Å². The van der Waals surface area contributed by atoms with E-state index in [1.807, 2.05) is 6.07 Å². The molecule has 0 radical (unpaired) electrons. The predicted octanol–water partition coefficient (Wildman–Crippen LogP) is 2.10. The number of carbonyl (C=O) groups excluding carboxylic acids is 2. The Hall–Kier alpha value is -2.78. The zero-order valence-corrected chi connectivity index (χ0v) is 11.7. The number of nitrogen functional groups attached to an aromatic ring is 1. The number of anilines is 1. The zero-order valence-electron chi connectivity index (χ0n) is 11.0. The lowest BCUT2D eigenvalue weighted by Gasteiger charge is -2.08. The molecule has 1 aromatic heterocycles. The number of methoxy groups -OCH3 is 1. The minimum atomic E-state index is -0.661. The van der Waals surface area contributed by atoms with Crippen molar-refractivity contribution in [3.63, 3.8) is 0 Å². The molecule has 21 heavy (non-hydrogen) atoms. The number of hydrogen-bond donors (Lipinski definition) is 1. The van der Waals surface area contributed by atoms with Gasteiger partial charge in [0.2, 0.25) is 0 Å². The van der Waals surface area contributed by atoms with E-state index in [1.165, 1.54) is 30.0 Å². The molecule has 0 amide bonds. The van der Waals surface area contributed by atoms with Crippen LogP contribution >= 0.6 is 11.6 Å². The summed E-state index contributed by atoms with van der Waals surface area (Å²) in [7, 11) is 1.22. The fourth-order valence-electron chi connectivity index (χ4n) is 1.87. The van der Waals surface area contributed by atoms with Crippen molar-refractivity contribution in [2.45, 2.75) is 0 Å². The summed E-state index contributed by atoms with van der Waals surface area (Å²) in [5.41, 5.74) is 6.91. The van der Waals surface area contributed by atoms with E-state index in [0.717, 1.165) is 0 Å². The summed E-state index contributed by atoms with van der Waals surface area (Å²) in [6, 6.07) is 8.09. The van der Waals surface area contributed by atoms with Crippen molar-refractivity contribution in [1.29, 1.82) is 5.26 Å². The van der Waals surface area contributed by atoms with Crippen molar-refractivity contribution in [2.75, 3.05) is 12.8 Å². The summed E-state index contributed by atoms with van der Waals surface area (Å²) >= 11 is 5.37. The average molecular weight is 304 g/mol. The molecule has 0 aliphatic heterocycles. The van der Waals surface area contributed by atoms with Gasteiger partial charge in [0, 0.05) is 17.4 Å². The molecule has 0 fully saturated rings. The molecular weight excluding hydrogens is 294 g/mol. The molecular formula is C14H10ClN3O3. The Morgan fingerprint density at radius 1 is 1.33 bits per heavy atom. The lowest BCUT2D eigenvalue weighted by Crippen LogP contribution is -2.11. The SMILES string of the molecule is COC(=O)c1c(N)c(C#N)cn1-c1ccc(C(=O)Cl)cc1. The topological polar surface area (TPSA) is 98.1 Å². The van der Waals surface area contributed by atoms with Crippen LogP contribution in [0.1, 0.15) is 26.4 Å². The fraction of sp³-hybridized carbons (Fsp3) is 0.0714. The first kappa shape index (κ1) is 14.6. The number of ether oxygens (including phenoxy) is 1. The van der Waals surface area contributed by atoms with Crippen LogP contribution in [0.2, 0.25) is 0 Å². The standard InChI is InChI=1S/C14H10ClN3O3/c1-21-14(20)12-11(17)9(6-16)7-18(12)10-4-2-8(3-5-10)13(15)19/h2-5,7H,17H2,1H3. The minimum absolute atomic E-state index is 0.0434. The highest BCUT2D eigenvalue weighted by Gasteiger charge is 2.21. The highest BCUT2D eigenvalue weighted by molar-refractivity contribution is 6.67. The molecule has 0 bridgehead atoms. The Labute approximate surface area is 125 Å². The van der Waals surface area contributed by atoms with Gasteiger partial charge < -0.3 is 15.0 Å². The van der Waals surface area contributed by atoms with Gasteiger partial charge in [-0.3, -0.25) is 4.79 Å². The van der Waals surface area contributed by atoms with E-state index in [0.29, 0.717) is 11.3 Å². The number of nitrogens with two attached hydrogens (primary N) is 1. The monoisotopic (exact) mass is 303 g/mol. The molecule has 0 spiro atoms. The van der Waals surface area contributed by atoms with Crippen molar-refractivity contribution in [3.05, 3.63) is 47.3 Å². The summed E-state index contributed by atoms with van der Waals surface area (Å²) < 4.78 is 6.11. The van der Waals surface area contributed by atoms with Gasteiger partial charge in [0.25, 0.3) is 5.24 Å². The molecule has 2 N–H and O–H groups in total. The van der Waals surface area contributed by atoms with E-state index in [1.54, 1.807) is 12.1 Å². The first-order chi connectivity index (χ1) is 9.99. The van der Waals surface area contributed by atoms with E-state index in [9.17, 15) is 9.59 Å². The molecule has 0 unspecified atom stereocenters. The summed E-state index contributed by atoms with van der Waals surface area (Å²) in [4.78, 5) is 22.9. The Morgan fingerprint density at radius 3 is 2.43 bits per heavy atom. The number of carbonyl (C=O) groups is 2. The van der Waals surface area contributed by atoms with Crippen LogP contribution in [0.3, 0.4) is 0 Å². The molecule has 106 valence electrons. The van der Waals surface area contributed by atoms with Gasteiger partial charge in [-0.05, 0) is 35.9 Å². The molecule has 6 nitrogen and oxygen atoms in total. The highest BCUT2D eigenvalue weighted by atomic mass is 35.5. The van der Waals surface area contributed by atoms with Gasteiger partial charge in [0.1, 0.15) is 6.07 Å². The molecule has 0 saturated heterocycles. The van der Waals surface area contributed by atoms with Crippen LogP contribution in [0.15, 0.2) is 30.5 Å². The second-order valence-electron chi connectivity index (χ2n) is 4.10. The summed E-state index contributed by atoms with van der Waals surface area (Å²) in [5.74, 6) is -0.661. The van der Waals surface area contributed by atoms with Crippen molar-refractivity contribution < 1.29 is 14.3 Å². The number of nitriles is 1. The Bertz CT molecular complexity index is 757. The third kappa shape index (κ3) is 2.59. The van der Waals surface area contributed by atoms with Gasteiger partial charge in [-0.2, -0.15) is 5.26 Å². The maximum absolute atomic E-state index is 11.8. The quantitative estimate of drug-likeness (QED) is 0.691. The lowest BCUT2D eigenvalue weighted by atomic mass is 10.2. The largest absolute Gasteiger partial charge is 0.464 e. The highest BCUT2D eigenvalue weighted by Crippen LogP contribution is 2.25. The molecule has 1 aromatic carbocycles. The summed E-state index contributed by atoms with van der Waals surface area (Å²) in [6.45, 7) is 0. The maximum Gasteiger partial charge on any atom is 0.357 e. The molecule has 2 rings (SSSR count). The second kappa shape index (κ2) is 5.69. The number of halogens is 1. The van der Waals surface area contributed by atoms with E-state index >= 15 is 0 Å². The van der Waals surface area contributed by atoms with Crippen LogP contribution in [0.5, 0.6) is 0 Å². The van der Waals surface area contributed by atoms with Crippen LogP contribution in [0.25, 0.3) is 5.69 Å². The number of hydrogen-bond acceptors (Lipinski definition) is 5. The number of nitrogens with zero attached hydrogens (tertiary/aromatic N) is 2. The van der Waals surface area contributed by atoms with E-state index < -0.39 is 11.2 Å². The third-order valence-electron chi connectivity index (χ3n) is 2.92. The normalized spacial score (nSPS) is 9.95. The molecule has 0 aliphatic rings. The fourth-order valence-corrected chi connectivity index (χ4v) is 2.00. The molecule has 7 heteroatoms. The predicted molar refractivity (Wildman–Crippen MR) is 76.4 cm³/mol. The number of aromatic nitrogens is 1. The first-order valence-electron chi connectivity index (χ1n) is 5.79. The molecule has 0 saturated carbocycles. The van der Waals surface area contributed by atoms with E-state index in [-0.39, 0.29) is 16.9 Å². The number of benzene rings is 1. The molecule has 1 heterocycles. The van der Waals surface area contributed by atoms with Crippen molar-refractivity contribution in [2.24, 2.45) is 0 Å². The number of esters is 1. The van der Waals surface area contributed by atoms with Crippen LogP contribution in [-0.4, -0.2) is 22.9 Å². The molecule has 0 atom stereocenters. The second-order valence-corrected chi connectivity index (χ2v) is 4.44. The van der Waals surface area contributed by atoms with Gasteiger partial charge in [0.05, 0.1) is 18.4 Å².